The van der Waals surface area contributed by atoms with Crippen molar-refractivity contribution in [3.8, 4) is 0 Å². The van der Waals surface area contributed by atoms with Gasteiger partial charge in [0.05, 0.1) is 24.7 Å². The molecule has 5 rings (SSSR count). The minimum atomic E-state index is 0. The van der Waals surface area contributed by atoms with Gasteiger partial charge in [0.2, 0.25) is 0 Å². The molecule has 0 saturated heterocycles. The third-order valence-corrected chi connectivity index (χ3v) is 11.0. The molecular formula is C37H41Br2ClN2OS. The molecule has 4 aromatic carbocycles. The minimum absolute atomic E-state index is 0. The summed E-state index contributed by atoms with van der Waals surface area (Å²) in [5.74, 6) is 0.00762. The second-order valence-corrected chi connectivity index (χ2v) is 14.1. The maximum Gasteiger partial charge on any atom is 0.265 e. The lowest BCUT2D eigenvalue weighted by molar-refractivity contribution is -0.938. The Labute approximate surface area is 290 Å². The average molecular weight is 757 g/mol. The number of aryl methyl sites for hydroxylation is 2. The number of amides is 1. The molecule has 0 aliphatic carbocycles. The van der Waals surface area contributed by atoms with Gasteiger partial charge < -0.3 is 26.4 Å². The number of hydrogen-bond donors (Lipinski definition) is 0. The molecule has 0 spiro atoms. The summed E-state index contributed by atoms with van der Waals surface area (Å²) in [7, 11) is 0. The number of hydrogen-bond acceptors (Lipinski definition) is 2. The normalized spacial score (nSPS) is 11.6. The van der Waals surface area contributed by atoms with Crippen molar-refractivity contribution in [2.45, 2.75) is 53.6 Å². The SMILES string of the molecule is CC[N+](CC)(CCCCN(Cc1ccc2ccccc2c1)C(=O)c1sc2cccc(Br)c2c1Cl)Cc1cc(C)cc(C)c1.[Br-]. The lowest BCUT2D eigenvalue weighted by atomic mass is 10.1. The molecule has 0 fully saturated rings. The Balaban J connectivity index is 0.00000442. The van der Waals surface area contributed by atoms with Gasteiger partial charge >= 0.3 is 0 Å². The summed E-state index contributed by atoms with van der Waals surface area (Å²) in [5.41, 5.74) is 5.21. The highest BCUT2D eigenvalue weighted by Gasteiger charge is 2.26. The number of fused-ring (bicyclic) bond motifs is 2. The average Bonchev–Trinajstić information content (AvgIpc) is 3.34. The first-order chi connectivity index (χ1) is 20.7. The monoisotopic (exact) mass is 754 g/mol. The van der Waals surface area contributed by atoms with Crippen LogP contribution < -0.4 is 17.0 Å². The first-order valence-electron chi connectivity index (χ1n) is 15.3. The first kappa shape index (κ1) is 34.6. The first-order valence-corrected chi connectivity index (χ1v) is 17.3. The summed E-state index contributed by atoms with van der Waals surface area (Å²) < 4.78 is 2.99. The van der Waals surface area contributed by atoms with Crippen molar-refractivity contribution in [3.05, 3.63) is 115 Å². The van der Waals surface area contributed by atoms with Crippen LogP contribution in [-0.4, -0.2) is 41.5 Å². The van der Waals surface area contributed by atoms with Gasteiger partial charge in [-0.2, -0.15) is 0 Å². The zero-order valence-electron chi connectivity index (χ0n) is 26.0. The van der Waals surface area contributed by atoms with Crippen LogP contribution in [0.2, 0.25) is 5.02 Å². The summed E-state index contributed by atoms with van der Waals surface area (Å²) in [4.78, 5) is 16.8. The van der Waals surface area contributed by atoms with Crippen LogP contribution in [0.4, 0.5) is 0 Å². The Kier molecular flexibility index (Phi) is 12.1. The largest absolute Gasteiger partial charge is 1.00 e. The van der Waals surface area contributed by atoms with Crippen molar-refractivity contribution in [3.63, 3.8) is 0 Å². The van der Waals surface area contributed by atoms with Gasteiger partial charge in [-0.3, -0.25) is 4.79 Å². The van der Waals surface area contributed by atoms with E-state index in [1.807, 2.05) is 23.1 Å². The van der Waals surface area contributed by atoms with E-state index in [2.05, 4.69) is 104 Å². The molecule has 0 atom stereocenters. The third-order valence-electron chi connectivity index (χ3n) is 8.73. The van der Waals surface area contributed by atoms with Crippen LogP contribution in [0, 0.1) is 13.8 Å². The summed E-state index contributed by atoms with van der Waals surface area (Å²) in [6.07, 6.45) is 2.00. The van der Waals surface area contributed by atoms with Gasteiger partial charge in [-0.05, 0) is 75.1 Å². The molecular weight excluding hydrogens is 716 g/mol. The van der Waals surface area contributed by atoms with Crippen molar-refractivity contribution in [2.75, 3.05) is 26.2 Å². The van der Waals surface area contributed by atoms with E-state index in [1.54, 1.807) is 0 Å². The summed E-state index contributed by atoms with van der Waals surface area (Å²) in [5, 5.41) is 3.86. The molecule has 7 heteroatoms. The number of benzene rings is 4. The zero-order chi connectivity index (χ0) is 30.6. The Morgan fingerprint density at radius 2 is 1.57 bits per heavy atom. The molecule has 0 bridgehead atoms. The van der Waals surface area contributed by atoms with Crippen molar-refractivity contribution in [2.24, 2.45) is 0 Å². The number of unbranched alkanes of at least 4 members (excludes halogenated alkanes) is 1. The fourth-order valence-corrected chi connectivity index (χ4v) is 8.66. The highest BCUT2D eigenvalue weighted by molar-refractivity contribution is 9.10. The Hall–Kier alpha value is -2.22. The highest BCUT2D eigenvalue weighted by atomic mass is 79.9. The molecule has 0 aliphatic rings. The number of carbonyl (C=O) groups is 1. The van der Waals surface area contributed by atoms with E-state index in [1.165, 1.54) is 38.8 Å². The molecule has 0 saturated carbocycles. The van der Waals surface area contributed by atoms with Crippen LogP contribution in [0.1, 0.15) is 58.6 Å². The predicted octanol–water partition coefficient (Wildman–Crippen LogP) is 7.57. The predicted molar refractivity (Wildman–Crippen MR) is 188 cm³/mol. The number of carbonyl (C=O) groups excluding carboxylic acids is 1. The smallest absolute Gasteiger partial charge is 0.265 e. The molecule has 1 amide bonds. The van der Waals surface area contributed by atoms with E-state index in [0.717, 1.165) is 63.6 Å². The van der Waals surface area contributed by atoms with Crippen LogP contribution in [0.5, 0.6) is 0 Å². The quantitative estimate of drug-likeness (QED) is 0.0951. The Morgan fingerprint density at radius 3 is 2.25 bits per heavy atom. The van der Waals surface area contributed by atoms with Crippen LogP contribution in [0.15, 0.2) is 83.3 Å². The van der Waals surface area contributed by atoms with Gasteiger partial charge in [-0.1, -0.05) is 99.3 Å². The number of thiophene rings is 1. The molecule has 0 unspecified atom stereocenters. The van der Waals surface area contributed by atoms with Gasteiger partial charge in [0.1, 0.15) is 11.4 Å². The number of quaternary nitrogens is 1. The second kappa shape index (κ2) is 15.4. The lowest BCUT2D eigenvalue weighted by Crippen LogP contribution is -3.00. The highest BCUT2D eigenvalue weighted by Crippen LogP contribution is 2.40. The summed E-state index contributed by atoms with van der Waals surface area (Å²) in [6.45, 7) is 14.6. The maximum atomic E-state index is 14.2. The van der Waals surface area contributed by atoms with Crippen LogP contribution >= 0.6 is 38.9 Å². The molecule has 1 heterocycles. The number of rotatable bonds is 12. The van der Waals surface area contributed by atoms with E-state index in [4.69, 9.17) is 11.6 Å². The van der Waals surface area contributed by atoms with Crippen LogP contribution in [0.3, 0.4) is 0 Å². The van der Waals surface area contributed by atoms with E-state index in [-0.39, 0.29) is 22.9 Å². The number of nitrogens with zero attached hydrogens (tertiary/aromatic N) is 2. The Morgan fingerprint density at radius 1 is 0.864 bits per heavy atom. The van der Waals surface area contributed by atoms with Gasteiger partial charge in [0.25, 0.3) is 5.91 Å². The molecule has 3 nitrogen and oxygen atoms in total. The van der Waals surface area contributed by atoms with Crippen LogP contribution in [0.25, 0.3) is 20.9 Å². The summed E-state index contributed by atoms with van der Waals surface area (Å²) in [6, 6.07) is 27.8. The van der Waals surface area contributed by atoms with Crippen molar-refractivity contribution in [1.29, 1.82) is 0 Å². The molecule has 0 radical (unpaired) electrons. The fraction of sp³-hybridized carbons (Fsp3) is 0.324. The minimum Gasteiger partial charge on any atom is -1.00 e. The molecule has 232 valence electrons. The third kappa shape index (κ3) is 7.94. The zero-order valence-corrected chi connectivity index (χ0v) is 30.8. The lowest BCUT2D eigenvalue weighted by Gasteiger charge is -2.37. The standard InChI is InChI=1S/C37H41BrClN2OS.BrH/c1-5-41(6-2,25-29-21-26(3)20-27(4)22-29)19-10-9-18-40(24-28-16-17-30-12-7-8-13-31(30)23-28)37(42)36-35(39)34-32(38)14-11-15-33(34)43-36;/h7-8,11-17,20-23H,5-6,9-10,18-19,24-25H2,1-4H3;1H/q+1;/p-1. The van der Waals surface area contributed by atoms with Gasteiger partial charge in [0, 0.05) is 33.2 Å². The van der Waals surface area contributed by atoms with Crippen LogP contribution in [-0.2, 0) is 13.1 Å². The molecule has 1 aromatic heterocycles. The van der Waals surface area contributed by atoms with Gasteiger partial charge in [-0.15, -0.1) is 11.3 Å². The molecule has 5 aromatic rings. The fourth-order valence-electron chi connectivity index (χ4n) is 6.30. The molecule has 0 aliphatic heterocycles. The topological polar surface area (TPSA) is 20.3 Å². The van der Waals surface area contributed by atoms with Crippen molar-refractivity contribution < 1.29 is 26.3 Å². The van der Waals surface area contributed by atoms with E-state index < -0.39 is 0 Å². The summed E-state index contributed by atoms with van der Waals surface area (Å²) >= 11 is 12.0. The molecule has 44 heavy (non-hydrogen) atoms. The molecule has 0 N–H and O–H groups in total. The number of halogens is 3. The Bertz CT molecular complexity index is 1730. The van der Waals surface area contributed by atoms with E-state index in [0.29, 0.717) is 23.0 Å². The van der Waals surface area contributed by atoms with Gasteiger partial charge in [-0.25, -0.2) is 0 Å². The van der Waals surface area contributed by atoms with Crippen molar-refractivity contribution >= 4 is 65.6 Å². The van der Waals surface area contributed by atoms with E-state index in [9.17, 15) is 4.79 Å². The maximum absolute atomic E-state index is 14.2. The van der Waals surface area contributed by atoms with Crippen molar-refractivity contribution in [1.82, 2.24) is 4.90 Å². The second-order valence-electron chi connectivity index (χ2n) is 11.8. The van der Waals surface area contributed by atoms with Gasteiger partial charge in [0.15, 0.2) is 0 Å². The van der Waals surface area contributed by atoms with E-state index >= 15 is 0 Å².